The van der Waals surface area contributed by atoms with Crippen molar-refractivity contribution in [3.63, 3.8) is 0 Å². The lowest BCUT2D eigenvalue weighted by atomic mass is 10.2. The van der Waals surface area contributed by atoms with E-state index in [1.165, 1.54) is 50.6 Å². The fraction of sp³-hybridized carbons (Fsp3) is 0.100. The van der Waals surface area contributed by atoms with Crippen LogP contribution in [0.1, 0.15) is 0 Å². The molecule has 3 aromatic rings. The molecule has 0 aliphatic heterocycles. The predicted octanol–water partition coefficient (Wildman–Crippen LogP) is 6.41. The normalized spacial score (nSPS) is 10.4. The minimum Gasteiger partial charge on any atom is -0.496 e. The molecular weight excluding hydrogens is 467 g/mol. The third-order valence-corrected chi connectivity index (χ3v) is 4.72. The van der Waals surface area contributed by atoms with Crippen LogP contribution in [0.2, 0.25) is 10.0 Å². The second kappa shape index (κ2) is 9.58. The molecule has 12 heteroatoms. The van der Waals surface area contributed by atoms with Crippen LogP contribution in [0.5, 0.6) is 34.5 Å². The standard InChI is InChI=1S/C20H14Cl2N2O8/c1-29-13-9-18(31-16-5-3-11(23(25)26)7-14(16)21)20(30-2)19(10-13)32-17-6-4-12(24(27)28)8-15(17)22/h3-10H,1-2H3. The maximum Gasteiger partial charge on any atom is 0.271 e. The first kappa shape index (κ1) is 22.9. The van der Waals surface area contributed by atoms with Gasteiger partial charge in [0.05, 0.1) is 34.1 Å². The molecule has 0 saturated heterocycles. The number of nitro benzene ring substituents is 2. The number of nitrogens with zero attached hydrogens (tertiary/aromatic N) is 2. The van der Waals surface area contributed by atoms with E-state index in [0.717, 1.165) is 12.1 Å². The van der Waals surface area contributed by atoms with Crippen molar-refractivity contribution in [2.45, 2.75) is 0 Å². The lowest BCUT2D eigenvalue weighted by molar-refractivity contribution is -0.385. The van der Waals surface area contributed by atoms with Crippen LogP contribution in [0.4, 0.5) is 11.4 Å². The number of non-ortho nitro benzene ring substituents is 2. The number of rotatable bonds is 8. The molecule has 32 heavy (non-hydrogen) atoms. The Morgan fingerprint density at radius 3 is 1.44 bits per heavy atom. The Bertz CT molecular complexity index is 1120. The van der Waals surface area contributed by atoms with Crippen molar-refractivity contribution >= 4 is 34.6 Å². The molecule has 3 aromatic carbocycles. The van der Waals surface area contributed by atoms with Crippen LogP contribution in [-0.2, 0) is 0 Å². The average molecular weight is 481 g/mol. The van der Waals surface area contributed by atoms with Gasteiger partial charge in [-0.15, -0.1) is 0 Å². The number of methoxy groups -OCH3 is 2. The molecule has 3 rings (SSSR count). The second-order valence-electron chi connectivity index (χ2n) is 6.10. The van der Waals surface area contributed by atoms with Crippen LogP contribution in [0.15, 0.2) is 48.5 Å². The Balaban J connectivity index is 2.01. The van der Waals surface area contributed by atoms with E-state index in [1.807, 2.05) is 0 Å². The van der Waals surface area contributed by atoms with Crippen LogP contribution >= 0.6 is 23.2 Å². The number of benzene rings is 3. The highest BCUT2D eigenvalue weighted by molar-refractivity contribution is 6.32. The summed E-state index contributed by atoms with van der Waals surface area (Å²) in [6.45, 7) is 0. The van der Waals surface area contributed by atoms with Gasteiger partial charge in [0, 0.05) is 36.4 Å². The van der Waals surface area contributed by atoms with Crippen molar-refractivity contribution < 1.29 is 28.8 Å². The first-order valence-electron chi connectivity index (χ1n) is 8.73. The molecule has 0 bridgehead atoms. The molecule has 0 N–H and O–H groups in total. The maximum absolute atomic E-state index is 10.9. The van der Waals surface area contributed by atoms with Crippen molar-refractivity contribution in [2.24, 2.45) is 0 Å². The van der Waals surface area contributed by atoms with Gasteiger partial charge in [-0.25, -0.2) is 0 Å². The topological polar surface area (TPSA) is 123 Å². The Morgan fingerprint density at radius 1 is 0.688 bits per heavy atom. The predicted molar refractivity (Wildman–Crippen MR) is 116 cm³/mol. The molecule has 0 aliphatic carbocycles. The Kier molecular flexibility index (Phi) is 6.86. The smallest absolute Gasteiger partial charge is 0.271 e. The lowest BCUT2D eigenvalue weighted by Crippen LogP contribution is -1.97. The number of nitro groups is 2. The summed E-state index contributed by atoms with van der Waals surface area (Å²) in [5, 5.41) is 21.8. The fourth-order valence-electron chi connectivity index (χ4n) is 2.63. The van der Waals surface area contributed by atoms with Crippen molar-refractivity contribution in [3.8, 4) is 34.5 Å². The van der Waals surface area contributed by atoms with E-state index in [-0.39, 0.29) is 50.2 Å². The van der Waals surface area contributed by atoms with Crippen molar-refractivity contribution in [1.82, 2.24) is 0 Å². The number of halogens is 2. The zero-order valence-corrected chi connectivity index (χ0v) is 18.0. The summed E-state index contributed by atoms with van der Waals surface area (Å²) in [4.78, 5) is 20.7. The fourth-order valence-corrected chi connectivity index (χ4v) is 3.06. The van der Waals surface area contributed by atoms with Crippen LogP contribution in [0.25, 0.3) is 0 Å². The summed E-state index contributed by atoms with van der Waals surface area (Å²) in [7, 11) is 2.80. The number of hydrogen-bond donors (Lipinski definition) is 0. The minimum absolute atomic E-state index is 0.00459. The molecule has 0 fully saturated rings. The van der Waals surface area contributed by atoms with E-state index in [0.29, 0.717) is 5.75 Å². The lowest BCUT2D eigenvalue weighted by Gasteiger charge is -2.17. The SMILES string of the molecule is COc1cc(Oc2ccc([N+](=O)[O-])cc2Cl)c(OC)c(Oc2ccc([N+](=O)[O-])cc2Cl)c1. The third kappa shape index (κ3) is 4.93. The highest BCUT2D eigenvalue weighted by Gasteiger charge is 2.20. The van der Waals surface area contributed by atoms with Crippen LogP contribution in [-0.4, -0.2) is 24.1 Å². The molecule has 0 spiro atoms. The van der Waals surface area contributed by atoms with Gasteiger partial charge < -0.3 is 18.9 Å². The molecule has 166 valence electrons. The molecule has 10 nitrogen and oxygen atoms in total. The van der Waals surface area contributed by atoms with Gasteiger partial charge in [0.1, 0.15) is 17.2 Å². The van der Waals surface area contributed by atoms with Gasteiger partial charge in [0.2, 0.25) is 5.75 Å². The maximum atomic E-state index is 10.9. The summed E-state index contributed by atoms with van der Waals surface area (Å²) in [6.07, 6.45) is 0. The number of hydrogen-bond acceptors (Lipinski definition) is 8. The third-order valence-electron chi connectivity index (χ3n) is 4.13. The number of ether oxygens (including phenoxy) is 4. The van der Waals surface area contributed by atoms with Gasteiger partial charge in [-0.1, -0.05) is 23.2 Å². The van der Waals surface area contributed by atoms with Crippen molar-refractivity contribution in [2.75, 3.05) is 14.2 Å². The second-order valence-corrected chi connectivity index (χ2v) is 6.92. The first-order chi connectivity index (χ1) is 15.2. The summed E-state index contributed by atoms with van der Waals surface area (Å²) in [5.74, 6) is 0.985. The van der Waals surface area contributed by atoms with Gasteiger partial charge in [-0.3, -0.25) is 20.2 Å². The molecule has 0 amide bonds. The molecule has 0 heterocycles. The van der Waals surface area contributed by atoms with E-state index < -0.39 is 9.85 Å². The Labute approximate surface area is 191 Å². The molecule has 0 atom stereocenters. The summed E-state index contributed by atoms with van der Waals surface area (Å²) in [5.41, 5.74) is -0.395. The summed E-state index contributed by atoms with van der Waals surface area (Å²) < 4.78 is 22.3. The summed E-state index contributed by atoms with van der Waals surface area (Å²) >= 11 is 12.2. The van der Waals surface area contributed by atoms with Crippen molar-refractivity contribution in [3.05, 3.63) is 78.8 Å². The summed E-state index contributed by atoms with van der Waals surface area (Å²) in [6, 6.07) is 10.5. The van der Waals surface area contributed by atoms with Gasteiger partial charge in [-0.05, 0) is 12.1 Å². The van der Waals surface area contributed by atoms with Crippen LogP contribution < -0.4 is 18.9 Å². The molecule has 0 radical (unpaired) electrons. The zero-order chi connectivity index (χ0) is 23.4. The largest absolute Gasteiger partial charge is 0.496 e. The monoisotopic (exact) mass is 480 g/mol. The van der Waals surface area contributed by atoms with E-state index in [1.54, 1.807) is 0 Å². The van der Waals surface area contributed by atoms with Gasteiger partial charge in [-0.2, -0.15) is 0 Å². The molecule has 0 aliphatic rings. The zero-order valence-electron chi connectivity index (χ0n) is 16.5. The average Bonchev–Trinajstić information content (AvgIpc) is 2.76. The molecule has 0 unspecified atom stereocenters. The molecule has 0 aromatic heterocycles. The van der Waals surface area contributed by atoms with E-state index >= 15 is 0 Å². The van der Waals surface area contributed by atoms with Gasteiger partial charge in [0.15, 0.2) is 11.5 Å². The molecular formula is C20H14Cl2N2O8. The Morgan fingerprint density at radius 2 is 1.12 bits per heavy atom. The van der Waals surface area contributed by atoms with E-state index in [9.17, 15) is 20.2 Å². The quantitative estimate of drug-likeness (QED) is 0.267. The van der Waals surface area contributed by atoms with Crippen molar-refractivity contribution in [1.29, 1.82) is 0 Å². The minimum atomic E-state index is -0.582. The molecule has 0 saturated carbocycles. The highest BCUT2D eigenvalue weighted by atomic mass is 35.5. The van der Waals surface area contributed by atoms with Gasteiger partial charge >= 0.3 is 0 Å². The highest BCUT2D eigenvalue weighted by Crippen LogP contribution is 2.47. The Hall–Kier alpha value is -3.76. The van der Waals surface area contributed by atoms with E-state index in [2.05, 4.69) is 0 Å². The van der Waals surface area contributed by atoms with Crippen LogP contribution in [0.3, 0.4) is 0 Å². The first-order valence-corrected chi connectivity index (χ1v) is 9.48. The van der Waals surface area contributed by atoms with E-state index in [4.69, 9.17) is 42.1 Å². The van der Waals surface area contributed by atoms with Gasteiger partial charge in [0.25, 0.3) is 11.4 Å². The van der Waals surface area contributed by atoms with Crippen LogP contribution in [0, 0.1) is 20.2 Å².